The summed E-state index contributed by atoms with van der Waals surface area (Å²) in [5.74, 6) is -1.98. The lowest BCUT2D eigenvalue weighted by molar-refractivity contribution is 0.172. The predicted molar refractivity (Wildman–Crippen MR) is 61.4 cm³/mol. The fourth-order valence-electron chi connectivity index (χ4n) is 1.75. The van der Waals surface area contributed by atoms with E-state index in [9.17, 15) is 18.3 Å². The van der Waals surface area contributed by atoms with Crippen LogP contribution in [-0.2, 0) is 6.42 Å². The van der Waals surface area contributed by atoms with Crippen LogP contribution in [-0.4, -0.2) is 5.11 Å². The van der Waals surface area contributed by atoms with Crippen molar-refractivity contribution in [1.29, 1.82) is 0 Å². The van der Waals surface area contributed by atoms with Crippen LogP contribution in [0.1, 0.15) is 17.2 Å². The van der Waals surface area contributed by atoms with Crippen molar-refractivity contribution in [3.8, 4) is 0 Å². The highest BCUT2D eigenvalue weighted by molar-refractivity contribution is 5.25. The zero-order chi connectivity index (χ0) is 13.1. The fourth-order valence-corrected chi connectivity index (χ4v) is 1.75. The molecular formula is C14H11F3O. The predicted octanol–water partition coefficient (Wildman–Crippen LogP) is 3.38. The molecule has 0 radical (unpaired) electrons. The van der Waals surface area contributed by atoms with E-state index in [0.29, 0.717) is 0 Å². The summed E-state index contributed by atoms with van der Waals surface area (Å²) in [6.07, 6.45) is -1.27. The van der Waals surface area contributed by atoms with Crippen molar-refractivity contribution >= 4 is 0 Å². The largest absolute Gasteiger partial charge is 0.388 e. The highest BCUT2D eigenvalue weighted by Crippen LogP contribution is 2.22. The summed E-state index contributed by atoms with van der Waals surface area (Å²) >= 11 is 0. The molecule has 0 saturated carbocycles. The molecule has 18 heavy (non-hydrogen) atoms. The third kappa shape index (κ3) is 2.71. The van der Waals surface area contributed by atoms with E-state index in [1.54, 1.807) is 6.07 Å². The Hall–Kier alpha value is -1.81. The van der Waals surface area contributed by atoms with E-state index in [2.05, 4.69) is 0 Å². The van der Waals surface area contributed by atoms with Gasteiger partial charge in [-0.05, 0) is 17.7 Å². The smallest absolute Gasteiger partial charge is 0.129 e. The zero-order valence-electron chi connectivity index (χ0n) is 9.41. The normalized spacial score (nSPS) is 12.4. The third-order valence-electron chi connectivity index (χ3n) is 2.69. The van der Waals surface area contributed by atoms with Crippen LogP contribution in [0.3, 0.4) is 0 Å². The number of halogens is 3. The molecule has 2 aromatic rings. The van der Waals surface area contributed by atoms with Crippen molar-refractivity contribution in [3.63, 3.8) is 0 Å². The second kappa shape index (κ2) is 5.23. The molecule has 0 aliphatic heterocycles. The van der Waals surface area contributed by atoms with Crippen LogP contribution in [0.4, 0.5) is 13.2 Å². The van der Waals surface area contributed by atoms with Crippen LogP contribution >= 0.6 is 0 Å². The summed E-state index contributed by atoms with van der Waals surface area (Å²) in [4.78, 5) is 0. The Bertz CT molecular complexity index is 554. The number of rotatable bonds is 3. The molecular weight excluding hydrogens is 241 g/mol. The van der Waals surface area contributed by atoms with Gasteiger partial charge in [-0.25, -0.2) is 13.2 Å². The van der Waals surface area contributed by atoms with Crippen LogP contribution in [0.5, 0.6) is 0 Å². The van der Waals surface area contributed by atoms with Gasteiger partial charge in [-0.2, -0.15) is 0 Å². The average Bonchev–Trinajstić information content (AvgIpc) is 2.33. The molecule has 0 fully saturated rings. The Morgan fingerprint density at radius 2 is 1.67 bits per heavy atom. The number of hydrogen-bond acceptors (Lipinski definition) is 1. The van der Waals surface area contributed by atoms with Crippen LogP contribution < -0.4 is 0 Å². The SMILES string of the molecule is OC(Cc1ccc(F)cc1F)c1ccccc1F. The summed E-state index contributed by atoms with van der Waals surface area (Å²) in [5.41, 5.74) is 0.244. The number of aliphatic hydroxyl groups excluding tert-OH is 1. The highest BCUT2D eigenvalue weighted by atomic mass is 19.1. The van der Waals surface area contributed by atoms with Gasteiger partial charge in [0, 0.05) is 18.1 Å². The first-order chi connectivity index (χ1) is 8.58. The molecule has 1 atom stereocenters. The topological polar surface area (TPSA) is 20.2 Å². The number of benzene rings is 2. The molecule has 1 N–H and O–H groups in total. The molecule has 0 aliphatic carbocycles. The first kappa shape index (κ1) is 12.6. The Labute approximate surface area is 103 Å². The molecule has 4 heteroatoms. The molecule has 2 rings (SSSR count). The van der Waals surface area contributed by atoms with E-state index in [1.165, 1.54) is 24.3 Å². The molecule has 1 unspecified atom stereocenters. The molecule has 0 amide bonds. The molecule has 1 nitrogen and oxygen atoms in total. The third-order valence-corrected chi connectivity index (χ3v) is 2.69. The molecule has 0 aliphatic rings. The minimum atomic E-state index is -1.16. The van der Waals surface area contributed by atoms with Gasteiger partial charge in [0.2, 0.25) is 0 Å². The van der Waals surface area contributed by atoms with Gasteiger partial charge in [-0.1, -0.05) is 24.3 Å². The lowest BCUT2D eigenvalue weighted by Crippen LogP contribution is -2.05. The van der Waals surface area contributed by atoms with E-state index in [4.69, 9.17) is 0 Å². The van der Waals surface area contributed by atoms with Gasteiger partial charge in [0.25, 0.3) is 0 Å². The molecule has 2 aromatic carbocycles. The van der Waals surface area contributed by atoms with Crippen molar-refractivity contribution in [2.75, 3.05) is 0 Å². The lowest BCUT2D eigenvalue weighted by Gasteiger charge is -2.12. The van der Waals surface area contributed by atoms with Gasteiger partial charge in [0.15, 0.2) is 0 Å². The lowest BCUT2D eigenvalue weighted by atomic mass is 10.0. The summed E-state index contributed by atoms with van der Waals surface area (Å²) in [5, 5.41) is 9.85. The Kier molecular flexibility index (Phi) is 3.67. The van der Waals surface area contributed by atoms with Crippen molar-refractivity contribution in [2.45, 2.75) is 12.5 Å². The maximum Gasteiger partial charge on any atom is 0.129 e. The van der Waals surface area contributed by atoms with Crippen LogP contribution in [0.15, 0.2) is 42.5 Å². The van der Waals surface area contributed by atoms with Crippen molar-refractivity contribution in [3.05, 3.63) is 71.0 Å². The minimum absolute atomic E-state index is 0.0984. The van der Waals surface area contributed by atoms with E-state index >= 15 is 0 Å². The summed E-state index contributed by atoms with van der Waals surface area (Å²) in [7, 11) is 0. The molecule has 0 saturated heterocycles. The van der Waals surface area contributed by atoms with E-state index < -0.39 is 23.6 Å². The molecule has 0 bridgehead atoms. The van der Waals surface area contributed by atoms with Crippen LogP contribution in [0.25, 0.3) is 0 Å². The fraction of sp³-hybridized carbons (Fsp3) is 0.143. The second-order valence-electron chi connectivity index (χ2n) is 3.98. The Morgan fingerprint density at radius 1 is 0.944 bits per heavy atom. The standard InChI is InChI=1S/C14H11F3O/c15-10-6-5-9(13(17)8-10)7-14(18)11-3-1-2-4-12(11)16/h1-6,8,14,18H,7H2. The van der Waals surface area contributed by atoms with Crippen molar-refractivity contribution in [1.82, 2.24) is 0 Å². The van der Waals surface area contributed by atoms with Crippen molar-refractivity contribution < 1.29 is 18.3 Å². The summed E-state index contributed by atoms with van der Waals surface area (Å²) < 4.78 is 39.5. The van der Waals surface area contributed by atoms with Gasteiger partial charge in [0.1, 0.15) is 17.5 Å². The van der Waals surface area contributed by atoms with E-state index in [0.717, 1.165) is 12.1 Å². The minimum Gasteiger partial charge on any atom is -0.388 e. The number of aliphatic hydroxyl groups is 1. The second-order valence-corrected chi connectivity index (χ2v) is 3.98. The average molecular weight is 252 g/mol. The first-order valence-corrected chi connectivity index (χ1v) is 5.44. The van der Waals surface area contributed by atoms with Gasteiger partial charge in [0.05, 0.1) is 6.10 Å². The van der Waals surface area contributed by atoms with Crippen LogP contribution in [0.2, 0.25) is 0 Å². The van der Waals surface area contributed by atoms with Gasteiger partial charge in [-0.3, -0.25) is 0 Å². The van der Waals surface area contributed by atoms with Gasteiger partial charge < -0.3 is 5.11 Å². The highest BCUT2D eigenvalue weighted by Gasteiger charge is 2.15. The van der Waals surface area contributed by atoms with Gasteiger partial charge in [-0.15, -0.1) is 0 Å². The van der Waals surface area contributed by atoms with Crippen LogP contribution in [0, 0.1) is 17.5 Å². The molecule has 0 heterocycles. The molecule has 94 valence electrons. The quantitative estimate of drug-likeness (QED) is 0.887. The Balaban J connectivity index is 2.21. The summed E-state index contributed by atoms with van der Waals surface area (Å²) in [6, 6.07) is 8.83. The van der Waals surface area contributed by atoms with E-state index in [-0.39, 0.29) is 17.5 Å². The summed E-state index contributed by atoms with van der Waals surface area (Å²) in [6.45, 7) is 0. The Morgan fingerprint density at radius 3 is 2.33 bits per heavy atom. The monoisotopic (exact) mass is 252 g/mol. The molecule has 0 aromatic heterocycles. The van der Waals surface area contributed by atoms with Crippen molar-refractivity contribution in [2.24, 2.45) is 0 Å². The maximum absolute atomic E-state index is 13.4. The maximum atomic E-state index is 13.4. The molecule has 0 spiro atoms. The van der Waals surface area contributed by atoms with Gasteiger partial charge >= 0.3 is 0 Å². The number of hydrogen-bond donors (Lipinski definition) is 1. The van der Waals surface area contributed by atoms with E-state index in [1.807, 2.05) is 0 Å². The zero-order valence-corrected chi connectivity index (χ0v) is 9.41. The first-order valence-electron chi connectivity index (χ1n) is 5.44.